The maximum absolute atomic E-state index is 2.53. The van der Waals surface area contributed by atoms with Crippen molar-refractivity contribution in [2.24, 2.45) is 0 Å². The lowest BCUT2D eigenvalue weighted by Gasteiger charge is -2.31. The van der Waals surface area contributed by atoms with Gasteiger partial charge in [-0.3, -0.25) is 4.90 Å². The third-order valence-corrected chi connectivity index (χ3v) is 2.67. The molecule has 0 N–H and O–H groups in total. The molecule has 0 spiro atoms. The molecule has 0 aromatic heterocycles. The van der Waals surface area contributed by atoms with E-state index >= 15 is 0 Å². The van der Waals surface area contributed by atoms with E-state index in [0.29, 0.717) is 6.04 Å². The van der Waals surface area contributed by atoms with E-state index < -0.39 is 0 Å². The maximum Gasteiger partial charge on any atom is 0.0195 e. The van der Waals surface area contributed by atoms with Crippen molar-refractivity contribution in [3.8, 4) is 0 Å². The molecule has 1 rings (SSSR count). The van der Waals surface area contributed by atoms with E-state index in [1.807, 2.05) is 0 Å². The van der Waals surface area contributed by atoms with E-state index in [4.69, 9.17) is 0 Å². The molecule has 1 heterocycles. The second kappa shape index (κ2) is 3.40. The van der Waals surface area contributed by atoms with Gasteiger partial charge in [0, 0.05) is 19.1 Å². The van der Waals surface area contributed by atoms with E-state index in [0.717, 1.165) is 0 Å². The zero-order valence-electron chi connectivity index (χ0n) is 8.15. The smallest absolute Gasteiger partial charge is 0.0195 e. The van der Waals surface area contributed by atoms with E-state index in [1.54, 1.807) is 11.1 Å². The Balaban J connectivity index is 2.57. The van der Waals surface area contributed by atoms with Crippen LogP contribution in [0.1, 0.15) is 34.1 Å². The van der Waals surface area contributed by atoms with Crippen molar-refractivity contribution in [1.82, 2.24) is 4.90 Å². The van der Waals surface area contributed by atoms with Gasteiger partial charge in [-0.2, -0.15) is 0 Å². The molecular formula is C10H19N. The second-order valence-electron chi connectivity index (χ2n) is 3.87. The van der Waals surface area contributed by atoms with Crippen LogP contribution in [0.5, 0.6) is 0 Å². The monoisotopic (exact) mass is 153 g/mol. The van der Waals surface area contributed by atoms with Gasteiger partial charge in [0.05, 0.1) is 0 Å². The van der Waals surface area contributed by atoms with Gasteiger partial charge in [-0.1, -0.05) is 11.1 Å². The zero-order chi connectivity index (χ0) is 8.43. The minimum Gasteiger partial charge on any atom is -0.297 e. The van der Waals surface area contributed by atoms with Crippen LogP contribution in [-0.4, -0.2) is 24.0 Å². The second-order valence-corrected chi connectivity index (χ2v) is 3.87. The molecule has 0 saturated heterocycles. The third-order valence-electron chi connectivity index (χ3n) is 2.67. The van der Waals surface area contributed by atoms with Gasteiger partial charge in [0.2, 0.25) is 0 Å². The normalized spacial score (nSPS) is 21.5. The molecule has 0 aliphatic carbocycles. The van der Waals surface area contributed by atoms with Crippen LogP contribution in [0.3, 0.4) is 0 Å². The first-order valence-corrected chi connectivity index (χ1v) is 4.50. The Morgan fingerprint density at radius 1 is 1.18 bits per heavy atom. The van der Waals surface area contributed by atoms with Crippen molar-refractivity contribution in [2.45, 2.75) is 40.2 Å². The summed E-state index contributed by atoms with van der Waals surface area (Å²) < 4.78 is 0. The van der Waals surface area contributed by atoms with Crippen LogP contribution < -0.4 is 0 Å². The molecule has 0 amide bonds. The van der Waals surface area contributed by atoms with Crippen molar-refractivity contribution in [3.63, 3.8) is 0 Å². The van der Waals surface area contributed by atoms with Crippen molar-refractivity contribution in [3.05, 3.63) is 11.1 Å². The van der Waals surface area contributed by atoms with Crippen molar-refractivity contribution in [1.29, 1.82) is 0 Å². The molecule has 0 radical (unpaired) electrons. The molecule has 0 aromatic rings. The topological polar surface area (TPSA) is 3.24 Å². The number of hydrogen-bond acceptors (Lipinski definition) is 1. The largest absolute Gasteiger partial charge is 0.297 e. The van der Waals surface area contributed by atoms with Gasteiger partial charge in [-0.15, -0.1) is 0 Å². The summed E-state index contributed by atoms with van der Waals surface area (Å²) in [7, 11) is 0. The fourth-order valence-electron chi connectivity index (χ4n) is 1.48. The molecule has 0 saturated carbocycles. The summed E-state index contributed by atoms with van der Waals surface area (Å²) in [5.41, 5.74) is 3.17. The first-order chi connectivity index (χ1) is 5.11. The Kier molecular flexibility index (Phi) is 2.72. The van der Waals surface area contributed by atoms with Gasteiger partial charge in [0.15, 0.2) is 0 Å². The van der Waals surface area contributed by atoms with Crippen molar-refractivity contribution >= 4 is 0 Å². The fraction of sp³-hybridized carbons (Fsp3) is 0.800. The lowest BCUT2D eigenvalue weighted by Crippen LogP contribution is -2.36. The number of rotatable bonds is 1. The molecule has 0 bridgehead atoms. The quantitative estimate of drug-likeness (QED) is 0.523. The van der Waals surface area contributed by atoms with Crippen LogP contribution in [-0.2, 0) is 0 Å². The predicted octanol–water partition coefficient (Wildman–Crippen LogP) is 2.44. The highest BCUT2D eigenvalue weighted by molar-refractivity contribution is 5.14. The first-order valence-electron chi connectivity index (χ1n) is 4.50. The van der Waals surface area contributed by atoms with E-state index in [9.17, 15) is 0 Å². The molecule has 11 heavy (non-hydrogen) atoms. The summed E-state index contributed by atoms with van der Waals surface area (Å²) in [6, 6.07) is 0.707. The van der Waals surface area contributed by atoms with Crippen LogP contribution in [0.2, 0.25) is 0 Å². The van der Waals surface area contributed by atoms with Crippen LogP contribution in [0.4, 0.5) is 0 Å². The van der Waals surface area contributed by atoms with Crippen LogP contribution in [0.25, 0.3) is 0 Å². The van der Waals surface area contributed by atoms with E-state index in [1.165, 1.54) is 19.5 Å². The Bertz CT molecular complexity index is 168. The van der Waals surface area contributed by atoms with E-state index in [2.05, 4.69) is 32.6 Å². The van der Waals surface area contributed by atoms with Gasteiger partial charge in [0.1, 0.15) is 0 Å². The molecule has 0 unspecified atom stereocenters. The molecular weight excluding hydrogens is 134 g/mol. The summed E-state index contributed by atoms with van der Waals surface area (Å²) in [5, 5.41) is 0. The minimum absolute atomic E-state index is 0.707. The van der Waals surface area contributed by atoms with Gasteiger partial charge < -0.3 is 0 Å². The zero-order valence-corrected chi connectivity index (χ0v) is 8.15. The molecule has 1 aliphatic rings. The molecule has 0 fully saturated rings. The molecule has 0 atom stereocenters. The summed E-state index contributed by atoms with van der Waals surface area (Å²) in [4.78, 5) is 2.53. The Morgan fingerprint density at radius 2 is 1.82 bits per heavy atom. The Labute approximate surface area is 70.1 Å². The van der Waals surface area contributed by atoms with Crippen LogP contribution in [0, 0.1) is 0 Å². The molecule has 1 heteroatoms. The summed E-state index contributed by atoms with van der Waals surface area (Å²) in [5.74, 6) is 0. The SMILES string of the molecule is CC1=C(C)CN(C(C)C)CC1. The molecule has 1 nitrogen and oxygen atoms in total. The number of hydrogen-bond donors (Lipinski definition) is 0. The third kappa shape index (κ3) is 2.06. The Hall–Kier alpha value is -0.300. The maximum atomic E-state index is 2.53. The van der Waals surface area contributed by atoms with Gasteiger partial charge >= 0.3 is 0 Å². The standard InChI is InChI=1S/C10H19N/c1-8(2)11-6-5-9(3)10(4)7-11/h8H,5-7H2,1-4H3. The average Bonchev–Trinajstić information content (AvgIpc) is 1.94. The van der Waals surface area contributed by atoms with Gasteiger partial charge in [-0.25, -0.2) is 0 Å². The molecule has 1 aliphatic heterocycles. The highest BCUT2D eigenvalue weighted by atomic mass is 15.1. The average molecular weight is 153 g/mol. The highest BCUT2D eigenvalue weighted by Crippen LogP contribution is 2.17. The summed E-state index contributed by atoms with van der Waals surface area (Å²) in [6.45, 7) is 11.5. The lowest BCUT2D eigenvalue weighted by atomic mass is 10.0. The van der Waals surface area contributed by atoms with Gasteiger partial charge in [-0.05, 0) is 34.1 Å². The van der Waals surface area contributed by atoms with Crippen molar-refractivity contribution < 1.29 is 0 Å². The summed E-state index contributed by atoms with van der Waals surface area (Å²) >= 11 is 0. The number of nitrogens with zero attached hydrogens (tertiary/aromatic N) is 1. The lowest BCUT2D eigenvalue weighted by molar-refractivity contribution is 0.232. The fourth-order valence-corrected chi connectivity index (χ4v) is 1.48. The minimum atomic E-state index is 0.707. The van der Waals surface area contributed by atoms with Gasteiger partial charge in [0.25, 0.3) is 0 Å². The van der Waals surface area contributed by atoms with E-state index in [-0.39, 0.29) is 0 Å². The summed E-state index contributed by atoms with van der Waals surface area (Å²) in [6.07, 6.45) is 1.27. The van der Waals surface area contributed by atoms with Crippen molar-refractivity contribution in [2.75, 3.05) is 13.1 Å². The predicted molar refractivity (Wildman–Crippen MR) is 49.7 cm³/mol. The molecule has 64 valence electrons. The highest BCUT2D eigenvalue weighted by Gasteiger charge is 2.15. The Morgan fingerprint density at radius 3 is 2.27 bits per heavy atom. The van der Waals surface area contributed by atoms with Crippen LogP contribution >= 0.6 is 0 Å². The van der Waals surface area contributed by atoms with Crippen LogP contribution in [0.15, 0.2) is 11.1 Å². The first kappa shape index (κ1) is 8.79. The molecule has 0 aromatic carbocycles.